The number of hydrogen-bond acceptors (Lipinski definition) is 5. The second-order valence-corrected chi connectivity index (χ2v) is 6.01. The van der Waals surface area contributed by atoms with Crippen LogP contribution in [0.2, 0.25) is 0 Å². The number of halogens is 1. The first-order chi connectivity index (χ1) is 11.7. The van der Waals surface area contributed by atoms with Crippen molar-refractivity contribution in [3.05, 3.63) is 58.8 Å². The highest BCUT2D eigenvalue weighted by Gasteiger charge is 2.11. The Bertz CT molecular complexity index is 914. The molecule has 0 N–H and O–H groups in total. The summed E-state index contributed by atoms with van der Waals surface area (Å²) in [6.45, 7) is 2.73. The van der Waals surface area contributed by atoms with Gasteiger partial charge in [-0.05, 0) is 31.2 Å². The summed E-state index contributed by atoms with van der Waals surface area (Å²) < 4.78 is 20.5. The molecule has 7 heteroatoms. The van der Waals surface area contributed by atoms with Gasteiger partial charge >= 0.3 is 0 Å². The average Bonchev–Trinajstić information content (AvgIpc) is 2.60. The van der Waals surface area contributed by atoms with Gasteiger partial charge in [0.05, 0.1) is 12.0 Å². The van der Waals surface area contributed by atoms with Gasteiger partial charge in [0.1, 0.15) is 0 Å². The van der Waals surface area contributed by atoms with E-state index in [1.54, 1.807) is 41.1 Å². The minimum absolute atomic E-state index is 0.104. The molecule has 3 rings (SSSR count). The Labute approximate surface area is 142 Å². The van der Waals surface area contributed by atoms with E-state index in [1.807, 2.05) is 6.92 Å². The van der Waals surface area contributed by atoms with Gasteiger partial charge in [0, 0.05) is 18.5 Å². The van der Waals surface area contributed by atoms with Gasteiger partial charge < -0.3 is 4.74 Å². The van der Waals surface area contributed by atoms with E-state index in [2.05, 4.69) is 9.97 Å². The van der Waals surface area contributed by atoms with Crippen molar-refractivity contribution in [1.82, 2.24) is 14.5 Å². The zero-order chi connectivity index (χ0) is 16.9. The fourth-order valence-electron chi connectivity index (χ4n) is 2.27. The Morgan fingerprint density at radius 3 is 2.88 bits per heavy atom. The van der Waals surface area contributed by atoms with Gasteiger partial charge in [-0.1, -0.05) is 23.9 Å². The third kappa shape index (κ3) is 3.41. The van der Waals surface area contributed by atoms with E-state index in [-0.39, 0.29) is 17.1 Å². The number of para-hydroxylation sites is 1. The zero-order valence-electron chi connectivity index (χ0n) is 13.1. The number of thioether (sulfide) groups is 1. The van der Waals surface area contributed by atoms with E-state index in [0.29, 0.717) is 35.1 Å². The number of nitrogens with zero attached hydrogens (tertiary/aromatic N) is 3. The van der Waals surface area contributed by atoms with Gasteiger partial charge in [-0.3, -0.25) is 9.36 Å². The van der Waals surface area contributed by atoms with Crippen molar-refractivity contribution in [2.45, 2.75) is 18.6 Å². The summed E-state index contributed by atoms with van der Waals surface area (Å²) in [5.74, 6) is 0.374. The molecule has 0 fully saturated rings. The van der Waals surface area contributed by atoms with Gasteiger partial charge in [0.2, 0.25) is 0 Å². The summed E-state index contributed by atoms with van der Waals surface area (Å²) in [5.41, 5.74) is 0.331. The third-order valence-electron chi connectivity index (χ3n) is 3.42. The fraction of sp³-hybridized carbons (Fsp3) is 0.235. The van der Waals surface area contributed by atoms with Crippen molar-refractivity contribution < 1.29 is 9.13 Å². The molecule has 24 heavy (non-hydrogen) atoms. The Morgan fingerprint density at radius 2 is 2.08 bits per heavy atom. The lowest BCUT2D eigenvalue weighted by Gasteiger charge is -2.11. The molecule has 0 saturated heterocycles. The lowest BCUT2D eigenvalue weighted by molar-refractivity contribution is 0.324. The molecule has 0 atom stereocenters. The maximum Gasteiger partial charge on any atom is 0.263 e. The van der Waals surface area contributed by atoms with Crippen molar-refractivity contribution in [2.24, 2.45) is 0 Å². The molecule has 3 aromatic rings. The predicted octanol–water partition coefficient (Wildman–Crippen LogP) is 3.12. The maximum atomic E-state index is 13.5. The molecule has 0 amide bonds. The molecule has 0 aliphatic rings. The summed E-state index contributed by atoms with van der Waals surface area (Å²) in [6.07, 6.45) is 1.61. The molecule has 0 unspecified atom stereocenters. The number of hydrogen-bond donors (Lipinski definition) is 0. The van der Waals surface area contributed by atoms with E-state index in [4.69, 9.17) is 4.74 Å². The molecule has 0 aliphatic carbocycles. The Balaban J connectivity index is 1.73. The number of ether oxygens (including phenoxy) is 1. The molecule has 0 spiro atoms. The highest BCUT2D eigenvalue weighted by atomic mass is 32.2. The lowest BCUT2D eigenvalue weighted by Crippen LogP contribution is -2.23. The first-order valence-corrected chi connectivity index (χ1v) is 8.55. The normalized spacial score (nSPS) is 10.9. The smallest absolute Gasteiger partial charge is 0.263 e. The highest BCUT2D eigenvalue weighted by Crippen LogP contribution is 2.19. The topological polar surface area (TPSA) is 57.0 Å². The quantitative estimate of drug-likeness (QED) is 0.390. The monoisotopic (exact) mass is 345 g/mol. The van der Waals surface area contributed by atoms with Crippen molar-refractivity contribution in [3.8, 4) is 5.75 Å². The van der Waals surface area contributed by atoms with Crippen LogP contribution in [0.1, 0.15) is 6.92 Å². The molecular formula is C17H16FN3O2S. The summed E-state index contributed by atoms with van der Waals surface area (Å²) in [4.78, 5) is 21.1. The van der Waals surface area contributed by atoms with E-state index in [1.165, 1.54) is 17.8 Å². The van der Waals surface area contributed by atoms with Crippen molar-refractivity contribution in [2.75, 3.05) is 12.4 Å². The molecule has 5 nitrogen and oxygen atoms in total. The van der Waals surface area contributed by atoms with Gasteiger partial charge in [-0.25, -0.2) is 14.4 Å². The van der Waals surface area contributed by atoms with Crippen LogP contribution in [0.3, 0.4) is 0 Å². The SMILES string of the molecule is CCn1c(SCCOc2ccccc2F)nc2ncccc2c1=O. The van der Waals surface area contributed by atoms with Gasteiger partial charge in [-0.15, -0.1) is 0 Å². The van der Waals surface area contributed by atoms with Gasteiger partial charge in [-0.2, -0.15) is 0 Å². The van der Waals surface area contributed by atoms with Crippen LogP contribution < -0.4 is 10.3 Å². The standard InChI is InChI=1S/C17H16FN3O2S/c1-2-21-16(22)12-6-5-9-19-15(12)20-17(21)24-11-10-23-14-8-4-3-7-13(14)18/h3-9H,2,10-11H2,1H3. The highest BCUT2D eigenvalue weighted by molar-refractivity contribution is 7.99. The third-order valence-corrected chi connectivity index (χ3v) is 4.36. The second-order valence-electron chi connectivity index (χ2n) is 4.95. The molecule has 124 valence electrons. The molecule has 2 heterocycles. The maximum absolute atomic E-state index is 13.5. The molecule has 1 aromatic carbocycles. The van der Waals surface area contributed by atoms with Gasteiger partial charge in [0.25, 0.3) is 5.56 Å². The van der Waals surface area contributed by atoms with Crippen LogP contribution in [-0.4, -0.2) is 26.9 Å². The van der Waals surface area contributed by atoms with Crippen molar-refractivity contribution in [1.29, 1.82) is 0 Å². The zero-order valence-corrected chi connectivity index (χ0v) is 13.9. The van der Waals surface area contributed by atoms with Crippen LogP contribution in [0, 0.1) is 5.82 Å². The second kappa shape index (κ2) is 7.44. The van der Waals surface area contributed by atoms with E-state index in [0.717, 1.165) is 0 Å². The van der Waals surface area contributed by atoms with E-state index >= 15 is 0 Å². The van der Waals surface area contributed by atoms with E-state index in [9.17, 15) is 9.18 Å². The largest absolute Gasteiger partial charge is 0.490 e. The van der Waals surface area contributed by atoms with Crippen LogP contribution in [-0.2, 0) is 6.54 Å². The summed E-state index contributed by atoms with van der Waals surface area (Å²) in [5, 5.41) is 1.09. The summed E-state index contributed by atoms with van der Waals surface area (Å²) >= 11 is 1.39. The first kappa shape index (κ1) is 16.4. The molecule has 0 aliphatic heterocycles. The number of aromatic nitrogens is 3. The Morgan fingerprint density at radius 1 is 1.25 bits per heavy atom. The minimum atomic E-state index is -0.388. The minimum Gasteiger partial charge on any atom is -0.490 e. The number of benzene rings is 1. The van der Waals surface area contributed by atoms with Crippen LogP contribution >= 0.6 is 11.8 Å². The number of fused-ring (bicyclic) bond motifs is 1. The van der Waals surface area contributed by atoms with E-state index < -0.39 is 0 Å². The fourth-order valence-corrected chi connectivity index (χ4v) is 3.14. The van der Waals surface area contributed by atoms with Gasteiger partial charge in [0.15, 0.2) is 22.4 Å². The molecular weight excluding hydrogens is 329 g/mol. The van der Waals surface area contributed by atoms with Crippen LogP contribution in [0.25, 0.3) is 11.0 Å². The number of pyridine rings is 1. The number of rotatable bonds is 6. The van der Waals surface area contributed by atoms with Crippen LogP contribution in [0.5, 0.6) is 5.75 Å². The van der Waals surface area contributed by atoms with Crippen molar-refractivity contribution >= 4 is 22.8 Å². The van der Waals surface area contributed by atoms with Crippen LogP contribution in [0.4, 0.5) is 4.39 Å². The lowest BCUT2D eigenvalue weighted by atomic mass is 10.3. The molecule has 0 bridgehead atoms. The molecule has 0 saturated carbocycles. The van der Waals surface area contributed by atoms with Crippen LogP contribution in [0.15, 0.2) is 52.5 Å². The summed E-state index contributed by atoms with van der Waals surface area (Å²) in [6, 6.07) is 9.72. The average molecular weight is 345 g/mol. The molecule has 2 aromatic heterocycles. The molecule has 0 radical (unpaired) electrons. The predicted molar refractivity (Wildman–Crippen MR) is 92.1 cm³/mol. The Kier molecular flexibility index (Phi) is 5.10. The Hall–Kier alpha value is -2.41. The van der Waals surface area contributed by atoms with Crippen molar-refractivity contribution in [3.63, 3.8) is 0 Å². The first-order valence-electron chi connectivity index (χ1n) is 7.56. The summed E-state index contributed by atoms with van der Waals surface area (Å²) in [7, 11) is 0.